The Balaban J connectivity index is 1.88. The molecule has 0 spiro atoms. The van der Waals surface area contributed by atoms with Gasteiger partial charge in [-0.2, -0.15) is 0 Å². The van der Waals surface area contributed by atoms with Crippen LogP contribution in [-0.4, -0.2) is 50.1 Å². The molecule has 0 unspecified atom stereocenters. The fraction of sp³-hybridized carbons (Fsp3) is 0.600. The highest BCUT2D eigenvalue weighted by Crippen LogP contribution is 2.10. The first-order valence-corrected chi connectivity index (χ1v) is 6.91. The molecule has 1 N–H and O–H groups in total. The Bertz CT molecular complexity index is 347. The Hall–Kier alpha value is -0.900. The molecule has 0 bridgehead atoms. The maximum atomic E-state index is 3.18. The average molecular weight is 247 g/mol. The van der Waals surface area contributed by atoms with Crippen LogP contribution in [0.25, 0.3) is 0 Å². The zero-order valence-corrected chi connectivity index (χ0v) is 11.7. The highest BCUT2D eigenvalue weighted by molar-refractivity contribution is 5.22. The lowest BCUT2D eigenvalue weighted by atomic mass is 10.1. The third-order valence-corrected chi connectivity index (χ3v) is 3.62. The molecule has 0 aromatic heterocycles. The predicted octanol–water partition coefficient (Wildman–Crippen LogP) is 1.54. The molecule has 3 heteroatoms. The van der Waals surface area contributed by atoms with Crippen molar-refractivity contribution in [2.75, 3.05) is 40.3 Å². The highest BCUT2D eigenvalue weighted by atomic mass is 15.2. The van der Waals surface area contributed by atoms with E-state index in [9.17, 15) is 0 Å². The topological polar surface area (TPSA) is 18.5 Å². The molecule has 0 radical (unpaired) electrons. The second-order valence-electron chi connectivity index (χ2n) is 5.28. The summed E-state index contributed by atoms with van der Waals surface area (Å²) in [7, 11) is 4.21. The number of nitrogens with one attached hydrogen (secondary N) is 1. The highest BCUT2D eigenvalue weighted by Gasteiger charge is 2.11. The molecule has 1 saturated heterocycles. The monoisotopic (exact) mass is 247 g/mol. The van der Waals surface area contributed by atoms with Crippen molar-refractivity contribution in [2.24, 2.45) is 0 Å². The van der Waals surface area contributed by atoms with Gasteiger partial charge in [-0.05, 0) is 44.7 Å². The van der Waals surface area contributed by atoms with Crippen molar-refractivity contribution < 1.29 is 0 Å². The van der Waals surface area contributed by atoms with Crippen LogP contribution >= 0.6 is 0 Å². The van der Waals surface area contributed by atoms with E-state index in [1.165, 1.54) is 43.7 Å². The molecular weight excluding hydrogens is 222 g/mol. The van der Waals surface area contributed by atoms with Crippen molar-refractivity contribution >= 4 is 0 Å². The van der Waals surface area contributed by atoms with Crippen LogP contribution in [0.4, 0.5) is 0 Å². The van der Waals surface area contributed by atoms with Gasteiger partial charge in [-0.25, -0.2) is 0 Å². The molecule has 2 rings (SSSR count). The smallest absolute Gasteiger partial charge is 0.0234 e. The van der Waals surface area contributed by atoms with Gasteiger partial charge in [0.15, 0.2) is 0 Å². The predicted molar refractivity (Wildman–Crippen MR) is 76.6 cm³/mol. The van der Waals surface area contributed by atoms with Crippen LogP contribution in [0, 0.1) is 0 Å². The van der Waals surface area contributed by atoms with Gasteiger partial charge in [0.05, 0.1) is 0 Å². The fourth-order valence-electron chi connectivity index (χ4n) is 2.48. The average Bonchev–Trinajstić information content (AvgIpc) is 2.57. The number of likely N-dealkylation sites (N-methyl/N-ethyl adjacent to an activating group) is 1. The maximum absolute atomic E-state index is 3.18. The molecule has 1 fully saturated rings. The van der Waals surface area contributed by atoms with Crippen molar-refractivity contribution in [3.8, 4) is 0 Å². The first-order chi connectivity index (χ1) is 8.78. The van der Waals surface area contributed by atoms with Gasteiger partial charge in [-0.1, -0.05) is 24.3 Å². The molecule has 100 valence electrons. The third kappa shape index (κ3) is 4.09. The van der Waals surface area contributed by atoms with Crippen LogP contribution in [-0.2, 0) is 13.1 Å². The standard InChI is InChI=1S/C15H25N3/c1-16-12-14-4-6-15(7-5-14)13-18-9-3-8-17(2)10-11-18/h4-7,16H,3,8-13H2,1-2H3. The van der Waals surface area contributed by atoms with Crippen LogP contribution in [0.5, 0.6) is 0 Å². The number of nitrogens with zero attached hydrogens (tertiary/aromatic N) is 2. The van der Waals surface area contributed by atoms with Crippen molar-refractivity contribution in [1.82, 2.24) is 15.1 Å². The summed E-state index contributed by atoms with van der Waals surface area (Å²) in [5.74, 6) is 0. The van der Waals surface area contributed by atoms with E-state index >= 15 is 0 Å². The van der Waals surface area contributed by atoms with Gasteiger partial charge in [-0.3, -0.25) is 4.90 Å². The zero-order chi connectivity index (χ0) is 12.8. The summed E-state index contributed by atoms with van der Waals surface area (Å²) in [5.41, 5.74) is 2.79. The quantitative estimate of drug-likeness (QED) is 0.871. The number of hydrogen-bond acceptors (Lipinski definition) is 3. The van der Waals surface area contributed by atoms with Gasteiger partial charge in [0.2, 0.25) is 0 Å². The van der Waals surface area contributed by atoms with Crippen molar-refractivity contribution in [1.29, 1.82) is 0 Å². The van der Waals surface area contributed by atoms with Crippen LogP contribution in [0.1, 0.15) is 17.5 Å². The minimum Gasteiger partial charge on any atom is -0.316 e. The SMILES string of the molecule is CNCc1ccc(CN2CCCN(C)CC2)cc1. The normalized spacial score (nSPS) is 18.8. The Kier molecular flexibility index (Phi) is 5.17. The maximum Gasteiger partial charge on any atom is 0.0234 e. The van der Waals surface area contributed by atoms with E-state index in [1.807, 2.05) is 7.05 Å². The van der Waals surface area contributed by atoms with E-state index in [1.54, 1.807) is 0 Å². The van der Waals surface area contributed by atoms with Gasteiger partial charge in [0.1, 0.15) is 0 Å². The van der Waals surface area contributed by atoms with Gasteiger partial charge < -0.3 is 10.2 Å². The Morgan fingerprint density at radius 1 is 1.00 bits per heavy atom. The van der Waals surface area contributed by atoms with E-state index in [2.05, 4.69) is 46.4 Å². The van der Waals surface area contributed by atoms with Crippen LogP contribution < -0.4 is 5.32 Å². The summed E-state index contributed by atoms with van der Waals surface area (Å²) in [4.78, 5) is 4.99. The number of hydrogen-bond donors (Lipinski definition) is 1. The van der Waals surface area contributed by atoms with E-state index in [4.69, 9.17) is 0 Å². The van der Waals surface area contributed by atoms with Gasteiger partial charge in [0, 0.05) is 26.2 Å². The molecule has 1 aromatic rings. The molecule has 1 aliphatic rings. The molecule has 18 heavy (non-hydrogen) atoms. The number of rotatable bonds is 4. The molecule has 0 atom stereocenters. The second kappa shape index (κ2) is 6.88. The summed E-state index contributed by atoms with van der Waals surface area (Å²) < 4.78 is 0. The second-order valence-corrected chi connectivity index (χ2v) is 5.28. The van der Waals surface area contributed by atoms with Gasteiger partial charge >= 0.3 is 0 Å². The Morgan fingerprint density at radius 2 is 1.72 bits per heavy atom. The van der Waals surface area contributed by atoms with Crippen molar-refractivity contribution in [2.45, 2.75) is 19.5 Å². The molecule has 1 heterocycles. The van der Waals surface area contributed by atoms with Crippen LogP contribution in [0.2, 0.25) is 0 Å². The minimum absolute atomic E-state index is 0.953. The molecule has 1 aromatic carbocycles. The summed E-state index contributed by atoms with van der Waals surface area (Å²) in [5, 5.41) is 3.18. The van der Waals surface area contributed by atoms with Gasteiger partial charge in [-0.15, -0.1) is 0 Å². The Morgan fingerprint density at radius 3 is 2.44 bits per heavy atom. The summed E-state index contributed by atoms with van der Waals surface area (Å²) in [6, 6.07) is 8.99. The molecular formula is C15H25N3. The first kappa shape index (κ1) is 13.5. The van der Waals surface area contributed by atoms with E-state index in [0.29, 0.717) is 0 Å². The van der Waals surface area contributed by atoms with E-state index in [0.717, 1.165) is 13.1 Å². The lowest BCUT2D eigenvalue weighted by molar-refractivity contribution is 0.269. The van der Waals surface area contributed by atoms with Crippen LogP contribution in [0.15, 0.2) is 24.3 Å². The third-order valence-electron chi connectivity index (χ3n) is 3.62. The fourth-order valence-corrected chi connectivity index (χ4v) is 2.48. The number of benzene rings is 1. The summed E-state index contributed by atoms with van der Waals surface area (Å²) in [6.45, 7) is 6.88. The molecule has 0 saturated carbocycles. The van der Waals surface area contributed by atoms with Crippen molar-refractivity contribution in [3.05, 3.63) is 35.4 Å². The van der Waals surface area contributed by atoms with E-state index in [-0.39, 0.29) is 0 Å². The first-order valence-electron chi connectivity index (χ1n) is 6.91. The summed E-state index contributed by atoms with van der Waals surface area (Å²) in [6.07, 6.45) is 1.29. The molecule has 1 aliphatic heterocycles. The largest absolute Gasteiger partial charge is 0.316 e. The Labute approximate surface area is 111 Å². The lowest BCUT2D eigenvalue weighted by Gasteiger charge is -2.20. The zero-order valence-electron chi connectivity index (χ0n) is 11.7. The molecule has 3 nitrogen and oxygen atoms in total. The van der Waals surface area contributed by atoms with Crippen molar-refractivity contribution in [3.63, 3.8) is 0 Å². The summed E-state index contributed by atoms with van der Waals surface area (Å²) >= 11 is 0. The molecule has 0 aliphatic carbocycles. The van der Waals surface area contributed by atoms with Gasteiger partial charge in [0.25, 0.3) is 0 Å². The minimum atomic E-state index is 0.953. The lowest BCUT2D eigenvalue weighted by Crippen LogP contribution is -2.28. The van der Waals surface area contributed by atoms with Crippen LogP contribution in [0.3, 0.4) is 0 Å². The van der Waals surface area contributed by atoms with E-state index < -0.39 is 0 Å². The molecule has 0 amide bonds.